The van der Waals surface area contributed by atoms with Crippen molar-refractivity contribution in [3.8, 4) is 11.5 Å². The Bertz CT molecular complexity index is 965. The van der Waals surface area contributed by atoms with E-state index in [4.69, 9.17) is 21.1 Å². The smallest absolute Gasteiger partial charge is 0.296 e. The van der Waals surface area contributed by atoms with Gasteiger partial charge in [-0.25, -0.2) is 0 Å². The van der Waals surface area contributed by atoms with Crippen LogP contribution < -0.4 is 14.8 Å². The van der Waals surface area contributed by atoms with Gasteiger partial charge in [0.1, 0.15) is 11.5 Å². The number of aromatic nitrogens is 1. The van der Waals surface area contributed by atoms with Crippen molar-refractivity contribution in [2.24, 2.45) is 0 Å². The largest absolute Gasteiger partial charge is 0.497 e. The van der Waals surface area contributed by atoms with Crippen LogP contribution in [0, 0.1) is 0 Å². The number of ketones is 1. The number of rotatable bonds is 5. The van der Waals surface area contributed by atoms with Gasteiger partial charge in [0.25, 0.3) is 11.7 Å². The first-order valence-electron chi connectivity index (χ1n) is 7.38. The molecule has 2 aromatic carbocycles. The fourth-order valence-corrected chi connectivity index (χ4v) is 2.67. The van der Waals surface area contributed by atoms with Gasteiger partial charge in [0.2, 0.25) is 0 Å². The number of fused-ring (bicyclic) bond motifs is 1. The van der Waals surface area contributed by atoms with Gasteiger partial charge >= 0.3 is 0 Å². The van der Waals surface area contributed by atoms with Crippen LogP contribution >= 0.6 is 11.6 Å². The summed E-state index contributed by atoms with van der Waals surface area (Å²) in [4.78, 5) is 27.9. The second kappa shape index (κ2) is 6.86. The van der Waals surface area contributed by atoms with Crippen molar-refractivity contribution in [2.75, 3.05) is 19.5 Å². The van der Waals surface area contributed by atoms with Crippen LogP contribution in [0.1, 0.15) is 10.4 Å². The fourth-order valence-electron chi connectivity index (χ4n) is 2.50. The van der Waals surface area contributed by atoms with Crippen LogP contribution in [0.15, 0.2) is 42.6 Å². The average Bonchev–Trinajstić information content (AvgIpc) is 3.03. The van der Waals surface area contributed by atoms with E-state index in [1.54, 1.807) is 36.4 Å². The van der Waals surface area contributed by atoms with Crippen molar-refractivity contribution < 1.29 is 19.1 Å². The molecule has 1 amide bonds. The minimum absolute atomic E-state index is 0.269. The lowest BCUT2D eigenvalue weighted by molar-refractivity contribution is -0.112. The Kier molecular flexibility index (Phi) is 4.63. The Balaban J connectivity index is 1.89. The van der Waals surface area contributed by atoms with E-state index in [1.807, 2.05) is 0 Å². The second-order valence-electron chi connectivity index (χ2n) is 5.24. The zero-order valence-electron chi connectivity index (χ0n) is 13.6. The van der Waals surface area contributed by atoms with Crippen LogP contribution in [0.25, 0.3) is 10.9 Å². The number of nitrogens with one attached hydrogen (secondary N) is 2. The lowest BCUT2D eigenvalue weighted by atomic mass is 10.1. The van der Waals surface area contributed by atoms with Crippen LogP contribution in [-0.2, 0) is 4.79 Å². The molecule has 25 heavy (non-hydrogen) atoms. The Morgan fingerprint density at radius 3 is 2.60 bits per heavy atom. The Hall–Kier alpha value is -2.99. The van der Waals surface area contributed by atoms with Crippen LogP contribution in [0.5, 0.6) is 11.5 Å². The molecule has 0 atom stereocenters. The maximum atomic E-state index is 12.5. The maximum absolute atomic E-state index is 12.5. The molecule has 0 spiro atoms. The number of amides is 1. The van der Waals surface area contributed by atoms with E-state index in [9.17, 15) is 9.59 Å². The van der Waals surface area contributed by atoms with Gasteiger partial charge in [0.15, 0.2) is 0 Å². The lowest BCUT2D eigenvalue weighted by Gasteiger charge is -2.11. The van der Waals surface area contributed by atoms with Gasteiger partial charge in [-0.05, 0) is 24.3 Å². The number of Topliss-reactive ketones (excluding diaryl/α,β-unsaturated/α-hetero) is 1. The van der Waals surface area contributed by atoms with Crippen LogP contribution in [0.4, 0.5) is 5.69 Å². The summed E-state index contributed by atoms with van der Waals surface area (Å²) in [6.45, 7) is 0. The summed E-state index contributed by atoms with van der Waals surface area (Å²) in [6.07, 6.45) is 1.49. The Labute approximate surface area is 148 Å². The highest BCUT2D eigenvalue weighted by Crippen LogP contribution is 2.29. The fraction of sp³-hybridized carbons (Fsp3) is 0.111. The van der Waals surface area contributed by atoms with Gasteiger partial charge in [-0.3, -0.25) is 9.59 Å². The minimum atomic E-state index is -0.776. The SMILES string of the molecule is COc1ccc(OC)c(NC(=O)C(=O)c2c[nH]c3cc(Cl)ccc23)c1. The molecule has 1 heterocycles. The molecule has 0 fully saturated rings. The third-order valence-electron chi connectivity index (χ3n) is 3.75. The molecule has 0 radical (unpaired) electrons. The number of H-pyrrole nitrogens is 1. The summed E-state index contributed by atoms with van der Waals surface area (Å²) in [5.41, 5.74) is 1.30. The van der Waals surface area contributed by atoms with Crippen molar-refractivity contribution in [2.45, 2.75) is 0 Å². The molecule has 0 saturated carbocycles. The van der Waals surface area contributed by atoms with Crippen LogP contribution in [-0.4, -0.2) is 30.9 Å². The van der Waals surface area contributed by atoms with Crippen LogP contribution in [0.2, 0.25) is 5.02 Å². The normalized spacial score (nSPS) is 10.5. The van der Waals surface area contributed by atoms with E-state index in [0.717, 1.165) is 0 Å². The van der Waals surface area contributed by atoms with E-state index in [0.29, 0.717) is 33.1 Å². The minimum Gasteiger partial charge on any atom is -0.497 e. The quantitative estimate of drug-likeness (QED) is 0.538. The number of benzene rings is 2. The van der Waals surface area contributed by atoms with Gasteiger partial charge in [-0.1, -0.05) is 17.7 Å². The summed E-state index contributed by atoms with van der Waals surface area (Å²) in [5, 5.41) is 3.73. The molecule has 0 unspecified atom stereocenters. The average molecular weight is 359 g/mol. The highest BCUT2D eigenvalue weighted by atomic mass is 35.5. The Morgan fingerprint density at radius 2 is 1.88 bits per heavy atom. The zero-order valence-corrected chi connectivity index (χ0v) is 14.3. The van der Waals surface area contributed by atoms with Gasteiger partial charge in [-0.2, -0.15) is 0 Å². The third-order valence-corrected chi connectivity index (χ3v) is 3.98. The standard InChI is InChI=1S/C18H15ClN2O4/c1-24-11-4-6-16(25-2)15(8-11)21-18(23)17(22)13-9-20-14-7-10(19)3-5-12(13)14/h3-9,20H,1-2H3,(H,21,23). The van der Waals surface area contributed by atoms with Gasteiger partial charge in [0, 0.05) is 28.2 Å². The highest BCUT2D eigenvalue weighted by Gasteiger charge is 2.21. The van der Waals surface area contributed by atoms with Crippen molar-refractivity contribution in [3.05, 3.63) is 53.2 Å². The van der Waals surface area contributed by atoms with Crippen molar-refractivity contribution >= 4 is 39.9 Å². The molecule has 0 aliphatic heterocycles. The molecule has 3 aromatic rings. The number of carbonyl (C=O) groups is 2. The van der Waals surface area contributed by atoms with Crippen molar-refractivity contribution in [1.82, 2.24) is 4.98 Å². The van der Waals surface area contributed by atoms with E-state index in [-0.39, 0.29) is 5.56 Å². The highest BCUT2D eigenvalue weighted by molar-refractivity contribution is 6.48. The van der Waals surface area contributed by atoms with E-state index in [1.165, 1.54) is 20.4 Å². The number of halogens is 1. The number of hydrogen-bond donors (Lipinski definition) is 2. The second-order valence-corrected chi connectivity index (χ2v) is 5.68. The summed E-state index contributed by atoms with van der Waals surface area (Å²) < 4.78 is 10.3. The van der Waals surface area contributed by atoms with Gasteiger partial charge in [0.05, 0.1) is 25.5 Å². The first kappa shape index (κ1) is 16.9. The maximum Gasteiger partial charge on any atom is 0.296 e. The Morgan fingerprint density at radius 1 is 1.08 bits per heavy atom. The van der Waals surface area contributed by atoms with Gasteiger partial charge in [-0.15, -0.1) is 0 Å². The number of aromatic amines is 1. The molecule has 3 rings (SSSR count). The zero-order chi connectivity index (χ0) is 18.0. The number of carbonyl (C=O) groups excluding carboxylic acids is 2. The number of hydrogen-bond acceptors (Lipinski definition) is 4. The number of ether oxygens (including phenoxy) is 2. The first-order valence-corrected chi connectivity index (χ1v) is 7.75. The molecule has 128 valence electrons. The van der Waals surface area contributed by atoms with E-state index < -0.39 is 11.7 Å². The first-order chi connectivity index (χ1) is 12.0. The molecule has 1 aromatic heterocycles. The van der Waals surface area contributed by atoms with Crippen LogP contribution in [0.3, 0.4) is 0 Å². The molecule has 0 aliphatic rings. The summed E-state index contributed by atoms with van der Waals surface area (Å²) >= 11 is 5.93. The molecule has 6 nitrogen and oxygen atoms in total. The monoisotopic (exact) mass is 358 g/mol. The summed E-state index contributed by atoms with van der Waals surface area (Å²) in [6, 6.07) is 9.97. The summed E-state index contributed by atoms with van der Waals surface area (Å²) in [7, 11) is 2.98. The van der Waals surface area contributed by atoms with Crippen molar-refractivity contribution in [1.29, 1.82) is 0 Å². The molecule has 2 N–H and O–H groups in total. The molecular weight excluding hydrogens is 344 g/mol. The lowest BCUT2D eigenvalue weighted by Crippen LogP contribution is -2.23. The third kappa shape index (κ3) is 3.29. The number of anilines is 1. The predicted octanol–water partition coefficient (Wildman–Crippen LogP) is 3.66. The topological polar surface area (TPSA) is 80.4 Å². The number of methoxy groups -OCH3 is 2. The molecule has 7 heteroatoms. The predicted molar refractivity (Wildman–Crippen MR) is 95.8 cm³/mol. The molecule has 0 saturated heterocycles. The summed E-state index contributed by atoms with van der Waals surface area (Å²) in [5.74, 6) is -0.487. The molecular formula is C18H15ClN2O4. The molecule has 0 bridgehead atoms. The van der Waals surface area contributed by atoms with Crippen molar-refractivity contribution in [3.63, 3.8) is 0 Å². The van der Waals surface area contributed by atoms with E-state index >= 15 is 0 Å². The van der Waals surface area contributed by atoms with Gasteiger partial charge < -0.3 is 19.8 Å². The van der Waals surface area contributed by atoms with E-state index in [2.05, 4.69) is 10.3 Å². The molecule has 0 aliphatic carbocycles.